The molecule has 0 aromatic heterocycles. The normalized spacial score (nSPS) is 14.2. The van der Waals surface area contributed by atoms with E-state index in [0.29, 0.717) is 21.4 Å². The van der Waals surface area contributed by atoms with Gasteiger partial charge in [0.15, 0.2) is 11.5 Å². The van der Waals surface area contributed by atoms with Crippen LogP contribution in [0, 0.1) is 0 Å². The van der Waals surface area contributed by atoms with Crippen molar-refractivity contribution in [3.05, 3.63) is 82.3 Å². The van der Waals surface area contributed by atoms with Crippen molar-refractivity contribution in [2.75, 3.05) is 25.1 Å². The lowest BCUT2D eigenvalue weighted by Gasteiger charge is -2.33. The molecule has 0 heterocycles. The maximum atomic E-state index is 14.1. The second-order valence-corrected chi connectivity index (χ2v) is 12.9. The molecule has 0 radical (unpaired) electrons. The van der Waals surface area contributed by atoms with E-state index < -0.39 is 28.5 Å². The van der Waals surface area contributed by atoms with Gasteiger partial charge in [-0.3, -0.25) is 13.9 Å². The van der Waals surface area contributed by atoms with E-state index >= 15 is 0 Å². The smallest absolute Gasteiger partial charge is 0.264 e. The molecule has 4 rings (SSSR count). The molecule has 2 amide bonds. The molecule has 0 aliphatic heterocycles. The van der Waals surface area contributed by atoms with Gasteiger partial charge in [0.2, 0.25) is 11.8 Å². The Morgan fingerprint density at radius 1 is 0.930 bits per heavy atom. The number of nitrogens with one attached hydrogen (secondary N) is 1. The van der Waals surface area contributed by atoms with Gasteiger partial charge in [-0.15, -0.1) is 0 Å². The van der Waals surface area contributed by atoms with Gasteiger partial charge in [0.05, 0.1) is 24.8 Å². The molecule has 1 atom stereocenters. The number of ether oxygens (including phenoxy) is 2. The second kappa shape index (κ2) is 14.3. The van der Waals surface area contributed by atoms with Crippen LogP contribution in [0.1, 0.15) is 38.2 Å². The molecule has 1 aliphatic carbocycles. The lowest BCUT2D eigenvalue weighted by molar-refractivity contribution is -0.139. The first-order chi connectivity index (χ1) is 20.6. The van der Waals surface area contributed by atoms with Crippen molar-refractivity contribution in [1.82, 2.24) is 10.2 Å². The number of carbonyl (C=O) groups excluding carboxylic acids is 2. The predicted molar refractivity (Wildman–Crippen MR) is 167 cm³/mol. The van der Waals surface area contributed by atoms with Gasteiger partial charge in [0.1, 0.15) is 12.6 Å². The summed E-state index contributed by atoms with van der Waals surface area (Å²) in [6, 6.07) is 16.6. The van der Waals surface area contributed by atoms with Crippen LogP contribution < -0.4 is 19.1 Å². The molecular formula is C31H35Cl2N3O6S. The number of sulfonamides is 1. The highest BCUT2D eigenvalue weighted by molar-refractivity contribution is 7.92. The Morgan fingerprint density at radius 2 is 1.56 bits per heavy atom. The zero-order valence-electron chi connectivity index (χ0n) is 24.3. The lowest BCUT2D eigenvalue weighted by Crippen LogP contribution is -2.52. The maximum Gasteiger partial charge on any atom is 0.264 e. The summed E-state index contributed by atoms with van der Waals surface area (Å²) in [6.07, 6.45) is 3.79. The molecule has 1 aliphatic rings. The van der Waals surface area contributed by atoms with Crippen molar-refractivity contribution in [2.45, 2.75) is 56.1 Å². The first kappa shape index (κ1) is 32.4. The highest BCUT2D eigenvalue weighted by Crippen LogP contribution is 2.33. The van der Waals surface area contributed by atoms with E-state index in [0.717, 1.165) is 30.0 Å². The fourth-order valence-corrected chi connectivity index (χ4v) is 7.00. The van der Waals surface area contributed by atoms with Crippen molar-refractivity contribution in [3.8, 4) is 11.5 Å². The average molecular weight is 649 g/mol. The van der Waals surface area contributed by atoms with Gasteiger partial charge < -0.3 is 19.7 Å². The molecular weight excluding hydrogens is 613 g/mol. The largest absolute Gasteiger partial charge is 0.493 e. The number of hydrogen-bond acceptors (Lipinski definition) is 6. The summed E-state index contributed by atoms with van der Waals surface area (Å²) in [5.41, 5.74) is 0.720. The first-order valence-electron chi connectivity index (χ1n) is 13.9. The Balaban J connectivity index is 1.72. The number of para-hydroxylation sites is 1. The highest BCUT2D eigenvalue weighted by Gasteiger charge is 2.34. The van der Waals surface area contributed by atoms with E-state index in [4.69, 9.17) is 32.7 Å². The van der Waals surface area contributed by atoms with Crippen LogP contribution in [0.15, 0.2) is 71.6 Å². The van der Waals surface area contributed by atoms with Gasteiger partial charge >= 0.3 is 0 Å². The van der Waals surface area contributed by atoms with Gasteiger partial charge in [-0.1, -0.05) is 60.3 Å². The van der Waals surface area contributed by atoms with E-state index in [1.807, 2.05) is 0 Å². The third-order valence-corrected chi connectivity index (χ3v) is 10.0. The van der Waals surface area contributed by atoms with Crippen LogP contribution in [0.3, 0.4) is 0 Å². The van der Waals surface area contributed by atoms with Crippen molar-refractivity contribution in [3.63, 3.8) is 0 Å². The minimum Gasteiger partial charge on any atom is -0.493 e. The number of hydrogen-bond donors (Lipinski definition) is 1. The second-order valence-electron chi connectivity index (χ2n) is 10.3. The third kappa shape index (κ3) is 7.55. The molecule has 0 saturated heterocycles. The van der Waals surface area contributed by atoms with Crippen LogP contribution in [0.4, 0.5) is 5.69 Å². The van der Waals surface area contributed by atoms with E-state index in [-0.39, 0.29) is 34.8 Å². The van der Waals surface area contributed by atoms with Crippen LogP contribution in [0.5, 0.6) is 11.5 Å². The Labute approximate surface area is 262 Å². The van der Waals surface area contributed by atoms with Crippen LogP contribution in [-0.2, 0) is 26.2 Å². The number of amides is 2. The van der Waals surface area contributed by atoms with E-state index in [1.54, 1.807) is 55.5 Å². The monoisotopic (exact) mass is 647 g/mol. The van der Waals surface area contributed by atoms with E-state index in [1.165, 1.54) is 37.3 Å². The maximum absolute atomic E-state index is 14.1. The number of anilines is 1. The number of halogens is 2. The average Bonchev–Trinajstić information content (AvgIpc) is 3.52. The number of carbonyl (C=O) groups is 2. The number of benzene rings is 3. The quantitative estimate of drug-likeness (QED) is 0.271. The number of methoxy groups -OCH3 is 2. The molecule has 3 aromatic carbocycles. The van der Waals surface area contributed by atoms with Crippen molar-refractivity contribution in [2.24, 2.45) is 0 Å². The molecule has 1 fully saturated rings. The predicted octanol–water partition coefficient (Wildman–Crippen LogP) is 5.68. The van der Waals surface area contributed by atoms with Crippen molar-refractivity contribution < 1.29 is 27.5 Å². The lowest BCUT2D eigenvalue weighted by atomic mass is 10.1. The van der Waals surface area contributed by atoms with Crippen molar-refractivity contribution in [1.29, 1.82) is 0 Å². The van der Waals surface area contributed by atoms with Crippen LogP contribution in [0.25, 0.3) is 0 Å². The molecule has 9 nitrogen and oxygen atoms in total. The zero-order chi connectivity index (χ0) is 31.1. The van der Waals surface area contributed by atoms with Gasteiger partial charge in [-0.25, -0.2) is 8.42 Å². The molecule has 0 bridgehead atoms. The zero-order valence-corrected chi connectivity index (χ0v) is 26.6. The molecule has 3 aromatic rings. The standard InChI is InChI=1S/C31H35Cl2N3O6S/c1-21(31(38)34-22-10-7-8-11-22)35(19-25-26(32)14-9-15-27(25)33)30(37)20-36(23-12-5-4-6-13-23)43(39,40)24-16-17-28(41-2)29(18-24)42-3/h4-6,9,12-18,21-22H,7-8,10-11,19-20H2,1-3H3,(H,34,38)/t21-/m0/s1. The minimum atomic E-state index is -4.30. The van der Waals surface area contributed by atoms with Crippen molar-refractivity contribution >= 4 is 50.7 Å². The summed E-state index contributed by atoms with van der Waals surface area (Å²) in [5, 5.41) is 3.69. The van der Waals surface area contributed by atoms with Gasteiger partial charge in [-0.2, -0.15) is 0 Å². The van der Waals surface area contributed by atoms with Crippen LogP contribution in [0.2, 0.25) is 10.0 Å². The molecule has 230 valence electrons. The Bertz CT molecular complexity index is 1530. The summed E-state index contributed by atoms with van der Waals surface area (Å²) in [6.45, 7) is 0.919. The minimum absolute atomic E-state index is 0.0297. The van der Waals surface area contributed by atoms with Gasteiger partial charge in [0, 0.05) is 34.3 Å². The molecule has 0 unspecified atom stereocenters. The SMILES string of the molecule is COc1ccc(S(=O)(=O)N(CC(=O)N(Cc2c(Cl)cccc2Cl)[C@@H](C)C(=O)NC2CCCC2)c2ccccc2)cc1OC. The van der Waals surface area contributed by atoms with Crippen LogP contribution in [-0.4, -0.2) is 58.0 Å². The Hall–Kier alpha value is -3.47. The fourth-order valence-electron chi connectivity index (χ4n) is 5.06. The van der Waals surface area contributed by atoms with Gasteiger partial charge in [0.25, 0.3) is 10.0 Å². The third-order valence-electron chi connectivity index (χ3n) is 7.53. The fraction of sp³-hybridized carbons (Fsp3) is 0.355. The summed E-state index contributed by atoms with van der Waals surface area (Å²) in [7, 11) is -1.44. The Morgan fingerprint density at radius 3 is 2.16 bits per heavy atom. The molecule has 12 heteroatoms. The Kier molecular flexibility index (Phi) is 10.8. The van der Waals surface area contributed by atoms with Gasteiger partial charge in [-0.05, 0) is 56.2 Å². The first-order valence-corrected chi connectivity index (χ1v) is 16.1. The number of rotatable bonds is 12. The highest BCUT2D eigenvalue weighted by atomic mass is 35.5. The molecule has 1 saturated carbocycles. The number of nitrogens with zero attached hydrogens (tertiary/aromatic N) is 2. The van der Waals surface area contributed by atoms with Crippen LogP contribution >= 0.6 is 23.2 Å². The topological polar surface area (TPSA) is 105 Å². The molecule has 43 heavy (non-hydrogen) atoms. The van der Waals surface area contributed by atoms with E-state index in [2.05, 4.69) is 5.32 Å². The van der Waals surface area contributed by atoms with E-state index in [9.17, 15) is 18.0 Å². The summed E-state index contributed by atoms with van der Waals surface area (Å²) in [5.74, 6) is -0.376. The molecule has 0 spiro atoms. The molecule has 1 N–H and O–H groups in total. The summed E-state index contributed by atoms with van der Waals surface area (Å²) >= 11 is 12.9. The summed E-state index contributed by atoms with van der Waals surface area (Å²) in [4.78, 5) is 28.7. The summed E-state index contributed by atoms with van der Waals surface area (Å²) < 4.78 is 39.8.